The normalized spacial score (nSPS) is 11.0. The summed E-state index contributed by atoms with van der Waals surface area (Å²) in [5.74, 6) is 0. The van der Waals surface area contributed by atoms with E-state index in [0.29, 0.717) is 31.1 Å². The molecule has 9 heteroatoms. The largest absolute Gasteiger partial charge is 0.391 e. The van der Waals surface area contributed by atoms with Crippen molar-refractivity contribution in [1.29, 1.82) is 0 Å². The van der Waals surface area contributed by atoms with E-state index < -0.39 is 4.92 Å². The number of benzene rings is 3. The summed E-state index contributed by atoms with van der Waals surface area (Å²) >= 11 is 19.3. The van der Waals surface area contributed by atoms with Crippen LogP contribution in [0.3, 0.4) is 0 Å². The molecule has 0 saturated heterocycles. The van der Waals surface area contributed by atoms with Crippen molar-refractivity contribution in [2.45, 2.75) is 16.4 Å². The van der Waals surface area contributed by atoms with Gasteiger partial charge in [0.05, 0.1) is 16.0 Å². The summed E-state index contributed by atoms with van der Waals surface area (Å²) in [6, 6.07) is 17.1. The number of hydrogen-bond donors (Lipinski definition) is 0. The van der Waals surface area contributed by atoms with E-state index in [-0.39, 0.29) is 12.3 Å². The van der Waals surface area contributed by atoms with Gasteiger partial charge in [-0.1, -0.05) is 63.9 Å². The zero-order chi connectivity index (χ0) is 20.8. The Kier molecular flexibility index (Phi) is 7.39. The average molecular weight is 468 g/mol. The Morgan fingerprint density at radius 1 is 1.03 bits per heavy atom. The Bertz CT molecular complexity index is 1040. The molecule has 148 valence electrons. The number of rotatable bonds is 7. The quantitative estimate of drug-likeness (QED) is 0.208. The second-order valence-corrected chi connectivity index (χ2v) is 8.11. The van der Waals surface area contributed by atoms with E-state index in [4.69, 9.17) is 39.6 Å². The Morgan fingerprint density at radius 2 is 1.72 bits per heavy atom. The van der Waals surface area contributed by atoms with Crippen LogP contribution in [0.5, 0.6) is 0 Å². The molecular weight excluding hydrogens is 455 g/mol. The van der Waals surface area contributed by atoms with Crippen LogP contribution in [-0.2, 0) is 11.4 Å². The minimum Gasteiger partial charge on any atom is -0.391 e. The molecule has 5 nitrogen and oxygen atoms in total. The van der Waals surface area contributed by atoms with Crippen molar-refractivity contribution >= 4 is 58.5 Å². The van der Waals surface area contributed by atoms with Crippen LogP contribution < -0.4 is 0 Å². The van der Waals surface area contributed by atoms with Gasteiger partial charge in [-0.2, -0.15) is 0 Å². The zero-order valence-corrected chi connectivity index (χ0v) is 17.8. The van der Waals surface area contributed by atoms with E-state index in [1.165, 1.54) is 24.0 Å². The van der Waals surface area contributed by atoms with Gasteiger partial charge in [0.2, 0.25) is 0 Å². The third-order valence-electron chi connectivity index (χ3n) is 3.77. The number of halogens is 3. The van der Waals surface area contributed by atoms with Crippen LogP contribution in [0, 0.1) is 10.1 Å². The van der Waals surface area contributed by atoms with Crippen LogP contribution in [0.2, 0.25) is 15.1 Å². The van der Waals surface area contributed by atoms with E-state index in [1.807, 2.05) is 0 Å². The first-order chi connectivity index (χ1) is 13.9. The number of nitro benzene ring substituents is 1. The van der Waals surface area contributed by atoms with Crippen molar-refractivity contribution in [3.8, 4) is 0 Å². The molecule has 0 N–H and O–H groups in total. The molecule has 0 aliphatic heterocycles. The van der Waals surface area contributed by atoms with Gasteiger partial charge in [0.15, 0.2) is 0 Å². The monoisotopic (exact) mass is 466 g/mol. The van der Waals surface area contributed by atoms with Crippen molar-refractivity contribution in [1.82, 2.24) is 0 Å². The molecule has 0 saturated carbocycles. The topological polar surface area (TPSA) is 64.7 Å². The van der Waals surface area contributed by atoms with Crippen LogP contribution in [0.15, 0.2) is 75.6 Å². The van der Waals surface area contributed by atoms with E-state index >= 15 is 0 Å². The lowest BCUT2D eigenvalue weighted by Gasteiger charge is -2.05. The minimum absolute atomic E-state index is 0.0250. The maximum absolute atomic E-state index is 11.5. The molecule has 0 unspecified atom stereocenters. The highest BCUT2D eigenvalue weighted by Crippen LogP contribution is 2.35. The molecule has 0 radical (unpaired) electrons. The second-order valence-electron chi connectivity index (χ2n) is 5.75. The Morgan fingerprint density at radius 3 is 2.38 bits per heavy atom. The van der Waals surface area contributed by atoms with E-state index in [1.54, 1.807) is 54.6 Å². The molecule has 3 aromatic rings. The SMILES string of the molecule is O=[N+]([O-])c1cc(C=NOCc2c(Cl)cccc2Cl)ccc1Sc1ccc(Cl)cc1. The molecule has 0 spiro atoms. The predicted molar refractivity (Wildman–Crippen MR) is 118 cm³/mol. The molecule has 0 bridgehead atoms. The molecule has 0 amide bonds. The van der Waals surface area contributed by atoms with Crippen molar-refractivity contribution in [3.05, 3.63) is 97.0 Å². The number of hydrogen-bond acceptors (Lipinski definition) is 5. The lowest BCUT2D eigenvalue weighted by Crippen LogP contribution is -1.94. The van der Waals surface area contributed by atoms with Crippen molar-refractivity contribution in [3.63, 3.8) is 0 Å². The van der Waals surface area contributed by atoms with Crippen LogP contribution in [0.1, 0.15) is 11.1 Å². The summed E-state index contributed by atoms with van der Waals surface area (Å²) < 4.78 is 0. The molecule has 0 aromatic heterocycles. The predicted octanol–water partition coefficient (Wildman–Crippen LogP) is 7.26. The fourth-order valence-corrected chi connectivity index (χ4v) is 3.88. The molecule has 0 atom stereocenters. The van der Waals surface area contributed by atoms with Gasteiger partial charge < -0.3 is 4.84 Å². The van der Waals surface area contributed by atoms with Gasteiger partial charge in [-0.15, -0.1) is 0 Å². The van der Waals surface area contributed by atoms with Gasteiger partial charge >= 0.3 is 0 Å². The van der Waals surface area contributed by atoms with Crippen LogP contribution in [-0.4, -0.2) is 11.1 Å². The van der Waals surface area contributed by atoms with Crippen molar-refractivity contribution < 1.29 is 9.76 Å². The smallest absolute Gasteiger partial charge is 0.283 e. The van der Waals surface area contributed by atoms with Gasteiger partial charge in [0.25, 0.3) is 5.69 Å². The lowest BCUT2D eigenvalue weighted by atomic mass is 10.2. The van der Waals surface area contributed by atoms with Gasteiger partial charge in [-0.05, 0) is 42.5 Å². The van der Waals surface area contributed by atoms with Gasteiger partial charge in [0.1, 0.15) is 6.61 Å². The summed E-state index contributed by atoms with van der Waals surface area (Å²) in [5, 5.41) is 16.9. The number of nitrogens with zero attached hydrogens (tertiary/aromatic N) is 2. The van der Waals surface area contributed by atoms with Gasteiger partial charge in [0, 0.05) is 37.2 Å². The molecule has 0 heterocycles. The van der Waals surface area contributed by atoms with Crippen LogP contribution in [0.4, 0.5) is 5.69 Å². The minimum atomic E-state index is -0.431. The molecule has 0 aliphatic carbocycles. The summed E-state index contributed by atoms with van der Waals surface area (Å²) in [7, 11) is 0. The molecule has 0 aliphatic rings. The standard InChI is InChI=1S/C20H13Cl3N2O3S/c21-14-5-7-15(8-6-14)29-20-9-4-13(10-19(20)25(26)27)11-24-28-12-16-17(22)2-1-3-18(16)23/h1-11H,12H2. The third-order valence-corrected chi connectivity index (χ3v) is 5.80. The molecule has 29 heavy (non-hydrogen) atoms. The average Bonchev–Trinajstić information content (AvgIpc) is 2.69. The first-order valence-corrected chi connectivity index (χ1v) is 10.2. The maximum atomic E-state index is 11.5. The summed E-state index contributed by atoms with van der Waals surface area (Å²) in [6.07, 6.45) is 1.40. The summed E-state index contributed by atoms with van der Waals surface area (Å²) in [5.41, 5.74) is 1.12. The first kappa shape index (κ1) is 21.5. The second kappa shape index (κ2) is 9.98. The molecule has 3 aromatic carbocycles. The number of oxime groups is 1. The lowest BCUT2D eigenvalue weighted by molar-refractivity contribution is -0.387. The highest BCUT2D eigenvalue weighted by atomic mass is 35.5. The zero-order valence-electron chi connectivity index (χ0n) is 14.7. The van der Waals surface area contributed by atoms with Crippen molar-refractivity contribution in [2.24, 2.45) is 5.16 Å². The van der Waals surface area contributed by atoms with E-state index in [2.05, 4.69) is 5.16 Å². The Labute approximate surface area is 186 Å². The Balaban J connectivity index is 1.71. The highest BCUT2D eigenvalue weighted by molar-refractivity contribution is 7.99. The summed E-state index contributed by atoms with van der Waals surface area (Å²) in [6.45, 7) is 0.0849. The summed E-state index contributed by atoms with van der Waals surface area (Å²) in [4.78, 5) is 17.6. The van der Waals surface area contributed by atoms with Crippen LogP contribution >= 0.6 is 46.6 Å². The highest BCUT2D eigenvalue weighted by Gasteiger charge is 2.15. The van der Waals surface area contributed by atoms with Gasteiger partial charge in [-0.3, -0.25) is 10.1 Å². The fraction of sp³-hybridized carbons (Fsp3) is 0.0500. The number of nitro groups is 1. The van der Waals surface area contributed by atoms with Crippen LogP contribution in [0.25, 0.3) is 0 Å². The fourth-order valence-electron chi connectivity index (χ4n) is 2.34. The molecular formula is C20H13Cl3N2O3S. The van der Waals surface area contributed by atoms with E-state index in [9.17, 15) is 10.1 Å². The molecule has 0 fully saturated rings. The first-order valence-electron chi connectivity index (χ1n) is 8.24. The molecule has 3 rings (SSSR count). The van der Waals surface area contributed by atoms with E-state index in [0.717, 1.165) is 4.90 Å². The van der Waals surface area contributed by atoms with Crippen molar-refractivity contribution in [2.75, 3.05) is 0 Å². The third kappa shape index (κ3) is 5.87. The maximum Gasteiger partial charge on any atom is 0.283 e. The van der Waals surface area contributed by atoms with Gasteiger partial charge in [-0.25, -0.2) is 0 Å². The Hall–Kier alpha value is -2.25.